The Bertz CT molecular complexity index is 620. The van der Waals surface area contributed by atoms with Crippen LogP contribution in [0.2, 0.25) is 0 Å². The van der Waals surface area contributed by atoms with Crippen LogP contribution in [0.15, 0.2) is 54.6 Å². The molecule has 2 aromatic carbocycles. The van der Waals surface area contributed by atoms with Crippen molar-refractivity contribution in [2.45, 2.75) is 18.8 Å². The van der Waals surface area contributed by atoms with E-state index in [-0.39, 0.29) is 12.5 Å². The molecule has 4 nitrogen and oxygen atoms in total. The molecule has 3 rings (SSSR count). The number of anilines is 1. The van der Waals surface area contributed by atoms with Crippen molar-refractivity contribution in [1.29, 1.82) is 0 Å². The lowest BCUT2D eigenvalue weighted by atomic mass is 9.92. The van der Waals surface area contributed by atoms with Gasteiger partial charge in [-0.15, -0.1) is 0 Å². The smallest absolute Gasteiger partial charge is 0.262 e. The average Bonchev–Trinajstić information content (AvgIpc) is 2.62. The molecule has 1 unspecified atom stereocenters. The van der Waals surface area contributed by atoms with Gasteiger partial charge in [0.1, 0.15) is 5.75 Å². The maximum Gasteiger partial charge on any atom is 0.262 e. The lowest BCUT2D eigenvalue weighted by Crippen LogP contribution is -2.28. The fraction of sp³-hybridized carbons (Fsp3) is 0.316. The molecular weight excluding hydrogens is 288 g/mol. The number of para-hydroxylation sites is 1. The van der Waals surface area contributed by atoms with Crippen LogP contribution in [0.25, 0.3) is 0 Å². The summed E-state index contributed by atoms with van der Waals surface area (Å²) in [5.41, 5.74) is 2.11. The Hall–Kier alpha value is -2.33. The van der Waals surface area contributed by atoms with E-state index < -0.39 is 0 Å². The molecule has 2 aromatic rings. The van der Waals surface area contributed by atoms with Crippen LogP contribution in [0.4, 0.5) is 5.69 Å². The van der Waals surface area contributed by atoms with Crippen LogP contribution in [0.1, 0.15) is 24.3 Å². The van der Waals surface area contributed by atoms with E-state index in [4.69, 9.17) is 4.74 Å². The summed E-state index contributed by atoms with van der Waals surface area (Å²) in [7, 11) is 0. The van der Waals surface area contributed by atoms with Gasteiger partial charge in [-0.2, -0.15) is 0 Å². The van der Waals surface area contributed by atoms with Crippen molar-refractivity contribution in [2.24, 2.45) is 0 Å². The highest BCUT2D eigenvalue weighted by Crippen LogP contribution is 2.25. The Labute approximate surface area is 136 Å². The molecule has 120 valence electrons. The van der Waals surface area contributed by atoms with Gasteiger partial charge < -0.3 is 15.4 Å². The van der Waals surface area contributed by atoms with Crippen molar-refractivity contribution in [3.8, 4) is 5.75 Å². The monoisotopic (exact) mass is 310 g/mol. The minimum absolute atomic E-state index is 0.0131. The first kappa shape index (κ1) is 15.6. The number of hydrogen-bond acceptors (Lipinski definition) is 3. The van der Waals surface area contributed by atoms with Crippen LogP contribution >= 0.6 is 0 Å². The fourth-order valence-electron chi connectivity index (χ4n) is 2.84. The van der Waals surface area contributed by atoms with Crippen molar-refractivity contribution < 1.29 is 9.53 Å². The Kier molecular flexibility index (Phi) is 5.27. The second kappa shape index (κ2) is 7.79. The predicted octanol–water partition coefficient (Wildman–Crippen LogP) is 3.17. The molecule has 1 fully saturated rings. The Morgan fingerprint density at radius 1 is 1.13 bits per heavy atom. The molecule has 0 aromatic heterocycles. The molecule has 0 aliphatic carbocycles. The number of amides is 1. The Balaban J connectivity index is 1.49. The second-order valence-corrected chi connectivity index (χ2v) is 5.82. The van der Waals surface area contributed by atoms with Gasteiger partial charge in [-0.3, -0.25) is 4.79 Å². The third kappa shape index (κ3) is 4.57. The van der Waals surface area contributed by atoms with E-state index in [0.29, 0.717) is 5.92 Å². The second-order valence-electron chi connectivity index (χ2n) is 5.82. The Morgan fingerprint density at radius 2 is 1.91 bits per heavy atom. The molecule has 1 heterocycles. The number of rotatable bonds is 5. The summed E-state index contributed by atoms with van der Waals surface area (Å²) in [4.78, 5) is 11.9. The summed E-state index contributed by atoms with van der Waals surface area (Å²) >= 11 is 0. The zero-order valence-electron chi connectivity index (χ0n) is 13.1. The fourth-order valence-corrected chi connectivity index (χ4v) is 2.84. The summed E-state index contributed by atoms with van der Waals surface area (Å²) in [5, 5.41) is 6.23. The summed E-state index contributed by atoms with van der Waals surface area (Å²) in [6.45, 7) is 2.17. The highest BCUT2D eigenvalue weighted by Gasteiger charge is 2.14. The summed E-state index contributed by atoms with van der Waals surface area (Å²) < 4.78 is 5.55. The largest absolute Gasteiger partial charge is 0.484 e. The van der Waals surface area contributed by atoms with E-state index in [1.807, 2.05) is 42.5 Å². The van der Waals surface area contributed by atoms with Crippen LogP contribution in [-0.2, 0) is 4.79 Å². The molecule has 4 heteroatoms. The van der Waals surface area contributed by atoms with Gasteiger partial charge in [-0.1, -0.05) is 30.3 Å². The molecule has 0 saturated carbocycles. The van der Waals surface area contributed by atoms with Gasteiger partial charge in [-0.25, -0.2) is 0 Å². The van der Waals surface area contributed by atoms with E-state index in [2.05, 4.69) is 22.8 Å². The molecule has 1 saturated heterocycles. The van der Waals surface area contributed by atoms with Gasteiger partial charge >= 0.3 is 0 Å². The van der Waals surface area contributed by atoms with Crippen molar-refractivity contribution in [3.63, 3.8) is 0 Å². The number of ether oxygens (including phenoxy) is 1. The molecule has 1 aliphatic heterocycles. The quantitative estimate of drug-likeness (QED) is 0.892. The number of nitrogens with one attached hydrogen (secondary N) is 2. The van der Waals surface area contributed by atoms with Crippen LogP contribution < -0.4 is 15.4 Å². The number of carbonyl (C=O) groups excluding carboxylic acids is 1. The summed E-state index contributed by atoms with van der Waals surface area (Å²) in [5.74, 6) is 1.15. The van der Waals surface area contributed by atoms with E-state index in [1.54, 1.807) is 0 Å². The van der Waals surface area contributed by atoms with E-state index in [1.165, 1.54) is 18.4 Å². The first-order valence-electron chi connectivity index (χ1n) is 8.09. The van der Waals surface area contributed by atoms with Crippen molar-refractivity contribution in [2.75, 3.05) is 25.0 Å². The molecule has 23 heavy (non-hydrogen) atoms. The maximum absolute atomic E-state index is 11.9. The standard InChI is InChI=1S/C19H22N2O2/c22-19(21-17-6-2-1-3-7-17)14-23-18-10-8-15(9-11-18)16-5-4-12-20-13-16/h1-3,6-11,16,20H,4-5,12-14H2,(H,21,22). The lowest BCUT2D eigenvalue weighted by Gasteiger charge is -2.23. The van der Waals surface area contributed by atoms with Crippen molar-refractivity contribution >= 4 is 11.6 Å². The molecule has 2 N–H and O–H groups in total. The van der Waals surface area contributed by atoms with Gasteiger partial charge in [-0.05, 0) is 55.1 Å². The number of carbonyl (C=O) groups is 1. The molecule has 0 radical (unpaired) electrons. The van der Waals surface area contributed by atoms with Gasteiger partial charge in [0.25, 0.3) is 5.91 Å². The molecule has 1 aliphatic rings. The topological polar surface area (TPSA) is 50.4 Å². The lowest BCUT2D eigenvalue weighted by molar-refractivity contribution is -0.118. The average molecular weight is 310 g/mol. The third-order valence-corrected chi connectivity index (χ3v) is 4.08. The van der Waals surface area contributed by atoms with E-state index in [0.717, 1.165) is 24.5 Å². The molecule has 1 amide bonds. The molecule has 0 bridgehead atoms. The van der Waals surface area contributed by atoms with Crippen molar-refractivity contribution in [1.82, 2.24) is 5.32 Å². The predicted molar refractivity (Wildman–Crippen MR) is 91.9 cm³/mol. The first-order chi connectivity index (χ1) is 11.3. The minimum atomic E-state index is -0.156. The highest BCUT2D eigenvalue weighted by molar-refractivity contribution is 5.91. The number of piperidine rings is 1. The van der Waals surface area contributed by atoms with Gasteiger partial charge in [0.2, 0.25) is 0 Å². The molecule has 0 spiro atoms. The number of hydrogen-bond donors (Lipinski definition) is 2. The Morgan fingerprint density at radius 3 is 2.61 bits per heavy atom. The minimum Gasteiger partial charge on any atom is -0.484 e. The van der Waals surface area contributed by atoms with Crippen LogP contribution in [0, 0.1) is 0 Å². The SMILES string of the molecule is O=C(COc1ccc(C2CCCNC2)cc1)Nc1ccccc1. The maximum atomic E-state index is 11.9. The normalized spacial score (nSPS) is 17.5. The summed E-state index contributed by atoms with van der Waals surface area (Å²) in [6, 6.07) is 17.5. The van der Waals surface area contributed by atoms with Gasteiger partial charge in [0.15, 0.2) is 6.61 Å². The highest BCUT2D eigenvalue weighted by atomic mass is 16.5. The molecule has 1 atom stereocenters. The van der Waals surface area contributed by atoms with Crippen LogP contribution in [0.5, 0.6) is 5.75 Å². The van der Waals surface area contributed by atoms with Crippen LogP contribution in [0.3, 0.4) is 0 Å². The zero-order chi connectivity index (χ0) is 15.9. The number of benzene rings is 2. The van der Waals surface area contributed by atoms with E-state index in [9.17, 15) is 4.79 Å². The van der Waals surface area contributed by atoms with E-state index >= 15 is 0 Å². The van der Waals surface area contributed by atoms with Crippen molar-refractivity contribution in [3.05, 3.63) is 60.2 Å². The first-order valence-corrected chi connectivity index (χ1v) is 8.09. The van der Waals surface area contributed by atoms with Gasteiger partial charge in [0, 0.05) is 12.2 Å². The summed E-state index contributed by atoms with van der Waals surface area (Å²) in [6.07, 6.45) is 2.45. The molecular formula is C19H22N2O2. The third-order valence-electron chi connectivity index (χ3n) is 4.08. The zero-order valence-corrected chi connectivity index (χ0v) is 13.1. The van der Waals surface area contributed by atoms with Crippen LogP contribution in [-0.4, -0.2) is 25.6 Å². The van der Waals surface area contributed by atoms with Gasteiger partial charge in [0.05, 0.1) is 0 Å².